The Hall–Kier alpha value is -4.83. The van der Waals surface area contributed by atoms with Crippen LogP contribution in [0.25, 0.3) is 0 Å². The van der Waals surface area contributed by atoms with Crippen molar-refractivity contribution >= 4 is 17.9 Å². The SMILES string of the molecule is CC/C=C\C/C=C\C/C=C\C/C=C\C/C=C\C/C=C\CCCCCCCCCCC(=O)OC(COC(=O)CCCCCC/C=C\C/C=C\C/C=C\C/C=C\C/C=C\C/C=C\CC)COC(OCC[N+](C)(C)C)C(=O)O. The van der Waals surface area contributed by atoms with Crippen molar-refractivity contribution in [3.63, 3.8) is 0 Å². The van der Waals surface area contributed by atoms with Gasteiger partial charge in [0.1, 0.15) is 13.2 Å². The molecule has 2 atom stereocenters. The number of unbranched alkanes of at least 4 members (excludes halogenated alkanes) is 12. The highest BCUT2D eigenvalue weighted by atomic mass is 16.7. The van der Waals surface area contributed by atoms with Crippen LogP contribution in [-0.4, -0.2) is 87.4 Å². The van der Waals surface area contributed by atoms with Gasteiger partial charge in [-0.15, -0.1) is 0 Å². The molecule has 0 aliphatic carbocycles. The number of allylic oxidation sites excluding steroid dienone is 24. The van der Waals surface area contributed by atoms with Crippen molar-refractivity contribution in [3.05, 3.63) is 146 Å². The van der Waals surface area contributed by atoms with Crippen LogP contribution in [0.4, 0.5) is 0 Å². The first-order valence-electron chi connectivity index (χ1n) is 29.0. The lowest BCUT2D eigenvalue weighted by atomic mass is 10.1. The third-order valence-electron chi connectivity index (χ3n) is 11.6. The fraction of sp³-hybridized carbons (Fsp3) is 0.591. The van der Waals surface area contributed by atoms with Gasteiger partial charge < -0.3 is 28.5 Å². The molecule has 0 bridgehead atoms. The van der Waals surface area contributed by atoms with Crippen LogP contribution in [0.1, 0.15) is 194 Å². The molecule has 0 aromatic carbocycles. The summed E-state index contributed by atoms with van der Waals surface area (Å²) in [5.41, 5.74) is 0. The second kappa shape index (κ2) is 55.4. The zero-order chi connectivity index (χ0) is 54.8. The summed E-state index contributed by atoms with van der Waals surface area (Å²) in [4.78, 5) is 37.5. The van der Waals surface area contributed by atoms with Crippen molar-refractivity contribution in [1.29, 1.82) is 0 Å². The Bertz CT molecular complexity index is 1730. The van der Waals surface area contributed by atoms with E-state index in [1.54, 1.807) is 0 Å². The summed E-state index contributed by atoms with van der Waals surface area (Å²) in [6.07, 6.45) is 77.7. The van der Waals surface area contributed by atoms with Crippen molar-refractivity contribution in [3.8, 4) is 0 Å². The quantitative estimate of drug-likeness (QED) is 0.0211. The lowest BCUT2D eigenvalue weighted by Gasteiger charge is -2.25. The smallest absolute Gasteiger partial charge is 0.361 e. The zero-order valence-electron chi connectivity index (χ0n) is 47.9. The highest BCUT2D eigenvalue weighted by Gasteiger charge is 2.25. The number of carboxylic acids is 1. The molecule has 0 rings (SSSR count). The Morgan fingerprint density at radius 3 is 1.07 bits per heavy atom. The molecule has 1 N–H and O–H groups in total. The minimum Gasteiger partial charge on any atom is -0.477 e. The third-order valence-corrected chi connectivity index (χ3v) is 11.6. The van der Waals surface area contributed by atoms with Gasteiger partial charge in [0.2, 0.25) is 0 Å². The predicted octanol–water partition coefficient (Wildman–Crippen LogP) is 17.2. The maximum atomic E-state index is 12.9. The van der Waals surface area contributed by atoms with Crippen LogP contribution in [0.5, 0.6) is 0 Å². The lowest BCUT2D eigenvalue weighted by Crippen LogP contribution is -2.40. The van der Waals surface area contributed by atoms with Crippen LogP contribution in [0.15, 0.2) is 146 Å². The van der Waals surface area contributed by atoms with Gasteiger partial charge in [0.15, 0.2) is 6.10 Å². The van der Waals surface area contributed by atoms with Crippen molar-refractivity contribution in [2.24, 2.45) is 0 Å². The summed E-state index contributed by atoms with van der Waals surface area (Å²) in [6.45, 7) is 4.58. The molecule has 0 radical (unpaired) electrons. The summed E-state index contributed by atoms with van der Waals surface area (Å²) < 4.78 is 22.8. The number of esters is 2. The number of ether oxygens (including phenoxy) is 4. The number of rotatable bonds is 51. The van der Waals surface area contributed by atoms with Gasteiger partial charge in [0, 0.05) is 12.8 Å². The van der Waals surface area contributed by atoms with Crippen molar-refractivity contribution in [1.82, 2.24) is 0 Å². The van der Waals surface area contributed by atoms with Crippen LogP contribution in [0.2, 0.25) is 0 Å². The highest BCUT2D eigenvalue weighted by molar-refractivity contribution is 5.71. The highest BCUT2D eigenvalue weighted by Crippen LogP contribution is 2.14. The third kappa shape index (κ3) is 56.7. The Labute approximate surface area is 458 Å². The van der Waals surface area contributed by atoms with Crippen LogP contribution >= 0.6 is 0 Å². The van der Waals surface area contributed by atoms with E-state index < -0.39 is 24.3 Å². The van der Waals surface area contributed by atoms with Gasteiger partial charge in [-0.2, -0.15) is 0 Å². The average Bonchev–Trinajstić information content (AvgIpc) is 3.38. The number of hydrogen-bond acceptors (Lipinski definition) is 7. The molecule has 0 aromatic rings. The fourth-order valence-corrected chi connectivity index (χ4v) is 7.19. The molecule has 0 fully saturated rings. The molecule has 0 heterocycles. The molecule has 75 heavy (non-hydrogen) atoms. The van der Waals surface area contributed by atoms with E-state index in [0.717, 1.165) is 128 Å². The van der Waals surface area contributed by atoms with E-state index in [4.69, 9.17) is 18.9 Å². The predicted molar refractivity (Wildman–Crippen MR) is 317 cm³/mol. The fourth-order valence-electron chi connectivity index (χ4n) is 7.19. The molecular formula is C66H106NO8+. The maximum absolute atomic E-state index is 12.9. The normalized spacial score (nSPS) is 13.9. The number of carboxylic acid groups (broad SMARTS) is 1. The summed E-state index contributed by atoms with van der Waals surface area (Å²) in [5, 5.41) is 9.71. The Balaban J connectivity index is 4.37. The molecule has 0 saturated carbocycles. The molecular weight excluding hydrogens is 935 g/mol. The monoisotopic (exact) mass is 1040 g/mol. The van der Waals surface area contributed by atoms with E-state index in [2.05, 4.69) is 160 Å². The number of aliphatic carboxylic acids is 1. The Morgan fingerprint density at radius 1 is 0.400 bits per heavy atom. The molecule has 0 spiro atoms. The number of likely N-dealkylation sites (N-methyl/N-ethyl adjacent to an activating group) is 1. The first-order valence-corrected chi connectivity index (χ1v) is 29.0. The van der Waals surface area contributed by atoms with Crippen LogP contribution in [-0.2, 0) is 33.3 Å². The number of nitrogens with zero attached hydrogens (tertiary/aromatic N) is 1. The van der Waals surface area contributed by atoms with Gasteiger partial charge in [-0.3, -0.25) is 9.59 Å². The van der Waals surface area contributed by atoms with Crippen molar-refractivity contribution in [2.75, 3.05) is 47.5 Å². The number of carbonyl (C=O) groups excluding carboxylic acids is 2. The Kier molecular flexibility index (Phi) is 51.8. The van der Waals surface area contributed by atoms with Crippen molar-refractivity contribution < 1.29 is 42.9 Å². The van der Waals surface area contributed by atoms with Gasteiger partial charge in [-0.1, -0.05) is 211 Å². The zero-order valence-corrected chi connectivity index (χ0v) is 47.9. The van der Waals surface area contributed by atoms with E-state index in [1.165, 1.54) is 25.7 Å². The van der Waals surface area contributed by atoms with E-state index in [-0.39, 0.29) is 38.6 Å². The molecule has 9 nitrogen and oxygen atoms in total. The second-order valence-electron chi connectivity index (χ2n) is 19.8. The summed E-state index contributed by atoms with van der Waals surface area (Å²) in [7, 11) is 5.94. The number of carbonyl (C=O) groups is 3. The molecule has 0 aromatic heterocycles. The van der Waals surface area contributed by atoms with Crippen LogP contribution in [0, 0.1) is 0 Å². The minimum atomic E-state index is -1.53. The summed E-state index contributed by atoms with van der Waals surface area (Å²) in [5.74, 6) is -2.07. The van der Waals surface area contributed by atoms with E-state index in [0.29, 0.717) is 23.9 Å². The molecule has 0 aliphatic heterocycles. The average molecular weight is 1040 g/mol. The van der Waals surface area contributed by atoms with Crippen molar-refractivity contribution in [2.45, 2.75) is 206 Å². The molecule has 422 valence electrons. The number of quaternary nitrogens is 1. The maximum Gasteiger partial charge on any atom is 0.361 e. The first-order chi connectivity index (χ1) is 36.6. The van der Waals surface area contributed by atoms with E-state index in [1.807, 2.05) is 21.1 Å². The molecule has 0 amide bonds. The van der Waals surface area contributed by atoms with Gasteiger partial charge in [-0.05, 0) is 116 Å². The van der Waals surface area contributed by atoms with Gasteiger partial charge in [0.05, 0.1) is 34.4 Å². The standard InChI is InChI=1S/C66H105NO8/c1-6-8-10-12-14-16-18-20-22-24-26-28-30-31-32-33-35-37-39-41-43-45-47-49-51-53-55-57-64(69)75-62(61-74-66(65(70)71)72-59-58-67(3,4)5)60-73-63(68)56-54-52-50-48-46-44-42-40-38-36-34-29-27-25-23-21-19-17-15-13-11-9-7-2/h8-11,14-17,20-23,26-29,31-32,35-38,42,44,62,66H,6-7,12-13,18-19,24-25,30,33-34,39-41,43,45-61H2,1-5H3/p+1/b10-8-,11-9-,16-14-,17-15-,22-20-,23-21-,28-26-,29-27-,32-31-,37-35-,38-36-,44-42-. The van der Waals surface area contributed by atoms with E-state index >= 15 is 0 Å². The van der Waals surface area contributed by atoms with Gasteiger partial charge in [0.25, 0.3) is 6.29 Å². The largest absolute Gasteiger partial charge is 0.477 e. The Morgan fingerprint density at radius 2 is 0.720 bits per heavy atom. The second-order valence-corrected chi connectivity index (χ2v) is 19.8. The van der Waals surface area contributed by atoms with Gasteiger partial charge in [-0.25, -0.2) is 4.79 Å². The number of hydrogen-bond donors (Lipinski definition) is 1. The van der Waals surface area contributed by atoms with Gasteiger partial charge >= 0.3 is 17.9 Å². The van der Waals surface area contributed by atoms with Crippen LogP contribution < -0.4 is 0 Å². The summed E-state index contributed by atoms with van der Waals surface area (Å²) >= 11 is 0. The first kappa shape index (κ1) is 70.2. The van der Waals surface area contributed by atoms with E-state index in [9.17, 15) is 19.5 Å². The lowest BCUT2D eigenvalue weighted by molar-refractivity contribution is -0.870. The molecule has 2 unspecified atom stereocenters. The van der Waals surface area contributed by atoms with Crippen LogP contribution in [0.3, 0.4) is 0 Å². The summed E-state index contributed by atoms with van der Waals surface area (Å²) in [6, 6.07) is 0. The molecule has 0 aliphatic rings. The molecule has 0 saturated heterocycles. The topological polar surface area (TPSA) is 108 Å². The minimum absolute atomic E-state index is 0.172. The molecule has 9 heteroatoms.